The Kier molecular flexibility index (Phi) is 6.57. The molecule has 7 nitrogen and oxygen atoms in total. The highest BCUT2D eigenvalue weighted by Gasteiger charge is 2.20. The van der Waals surface area contributed by atoms with Crippen LogP contribution in [0.4, 0.5) is 0 Å². The molecule has 2 aromatic heterocycles. The van der Waals surface area contributed by atoms with Gasteiger partial charge in [0.15, 0.2) is 0 Å². The number of halogens is 1. The summed E-state index contributed by atoms with van der Waals surface area (Å²) in [7, 11) is 0. The summed E-state index contributed by atoms with van der Waals surface area (Å²) in [6, 6.07) is 15.9. The van der Waals surface area contributed by atoms with Gasteiger partial charge in [-0.15, -0.1) is 11.3 Å². The minimum absolute atomic E-state index is 0.0695. The fourth-order valence-electron chi connectivity index (χ4n) is 3.69. The molecule has 0 aliphatic rings. The number of aromatic nitrogens is 2. The molecule has 1 atom stereocenters. The average molecular weight is 481 g/mol. The van der Waals surface area contributed by atoms with Crippen molar-refractivity contribution in [3.05, 3.63) is 86.7 Å². The summed E-state index contributed by atoms with van der Waals surface area (Å²) < 4.78 is 1.09. The first kappa shape index (κ1) is 22.7. The molecule has 4 rings (SSSR count). The van der Waals surface area contributed by atoms with Crippen LogP contribution in [0.2, 0.25) is 5.02 Å². The normalized spacial score (nSPS) is 11.8. The Morgan fingerprint density at radius 1 is 1.12 bits per heavy atom. The number of carbonyl (C=O) groups excluding carboxylic acids is 2. The van der Waals surface area contributed by atoms with E-state index in [2.05, 4.69) is 15.7 Å². The zero-order chi connectivity index (χ0) is 23.5. The zero-order valence-corrected chi connectivity index (χ0v) is 19.5. The number of benzene rings is 2. The molecule has 33 heavy (non-hydrogen) atoms. The van der Waals surface area contributed by atoms with Crippen molar-refractivity contribution in [2.45, 2.75) is 26.3 Å². The third-order valence-corrected chi connectivity index (χ3v) is 6.40. The van der Waals surface area contributed by atoms with Crippen molar-refractivity contribution in [3.8, 4) is 11.1 Å². The number of amides is 2. The molecule has 9 heteroatoms. The van der Waals surface area contributed by atoms with Crippen LogP contribution in [0.1, 0.15) is 29.8 Å². The van der Waals surface area contributed by atoms with Crippen LogP contribution in [-0.4, -0.2) is 21.5 Å². The summed E-state index contributed by atoms with van der Waals surface area (Å²) in [5.74, 6) is -0.718. The fourth-order valence-corrected chi connectivity index (χ4v) is 4.82. The van der Waals surface area contributed by atoms with Crippen molar-refractivity contribution in [1.29, 1.82) is 0 Å². The maximum Gasteiger partial charge on any atom is 0.281 e. The molecule has 0 saturated heterocycles. The largest absolute Gasteiger partial charge is 0.349 e. The smallest absolute Gasteiger partial charge is 0.281 e. The SMILES string of the molecule is CC(=O)NC(CC(=O)Nn1cnc2sc(C)c(-c3ccccc3)c2c1=O)c1ccc(Cl)cc1. The minimum Gasteiger partial charge on any atom is -0.349 e. The van der Waals surface area contributed by atoms with E-state index in [0.717, 1.165) is 26.2 Å². The zero-order valence-electron chi connectivity index (χ0n) is 18.0. The summed E-state index contributed by atoms with van der Waals surface area (Å²) in [4.78, 5) is 43.7. The molecule has 0 fully saturated rings. The monoisotopic (exact) mass is 480 g/mol. The van der Waals surface area contributed by atoms with Gasteiger partial charge < -0.3 is 5.32 Å². The molecule has 0 aliphatic carbocycles. The van der Waals surface area contributed by atoms with E-state index in [0.29, 0.717) is 15.2 Å². The van der Waals surface area contributed by atoms with E-state index >= 15 is 0 Å². The average Bonchev–Trinajstić information content (AvgIpc) is 3.13. The molecular weight excluding hydrogens is 460 g/mol. The van der Waals surface area contributed by atoms with Gasteiger partial charge in [-0.2, -0.15) is 0 Å². The van der Waals surface area contributed by atoms with Crippen molar-refractivity contribution in [3.63, 3.8) is 0 Å². The lowest BCUT2D eigenvalue weighted by Crippen LogP contribution is -2.36. The summed E-state index contributed by atoms with van der Waals surface area (Å²) in [6.07, 6.45) is 1.24. The van der Waals surface area contributed by atoms with Gasteiger partial charge in [-0.3, -0.25) is 19.8 Å². The van der Waals surface area contributed by atoms with E-state index in [1.807, 2.05) is 37.3 Å². The van der Waals surface area contributed by atoms with Gasteiger partial charge in [-0.25, -0.2) is 9.66 Å². The number of carbonyl (C=O) groups is 2. The topological polar surface area (TPSA) is 93.1 Å². The van der Waals surface area contributed by atoms with E-state index in [1.165, 1.54) is 24.6 Å². The highest BCUT2D eigenvalue weighted by atomic mass is 35.5. The van der Waals surface area contributed by atoms with E-state index in [4.69, 9.17) is 11.6 Å². The summed E-state index contributed by atoms with van der Waals surface area (Å²) >= 11 is 7.38. The second-order valence-electron chi connectivity index (χ2n) is 7.54. The highest BCUT2D eigenvalue weighted by Crippen LogP contribution is 2.35. The number of rotatable bonds is 6. The lowest BCUT2D eigenvalue weighted by atomic mass is 10.0. The third kappa shape index (κ3) is 4.97. The van der Waals surface area contributed by atoms with Crippen LogP contribution in [0.25, 0.3) is 21.3 Å². The van der Waals surface area contributed by atoms with Crippen molar-refractivity contribution in [2.24, 2.45) is 0 Å². The third-order valence-electron chi connectivity index (χ3n) is 5.14. The molecule has 2 N–H and O–H groups in total. The molecule has 0 aliphatic heterocycles. The highest BCUT2D eigenvalue weighted by molar-refractivity contribution is 7.19. The molecule has 0 spiro atoms. The van der Waals surface area contributed by atoms with Gasteiger partial charge in [0.25, 0.3) is 5.56 Å². The van der Waals surface area contributed by atoms with E-state index in [9.17, 15) is 14.4 Å². The molecular formula is C24H21ClN4O3S. The first-order valence-corrected chi connectivity index (χ1v) is 11.4. The van der Waals surface area contributed by atoms with Gasteiger partial charge in [0, 0.05) is 22.4 Å². The first-order chi connectivity index (χ1) is 15.8. The van der Waals surface area contributed by atoms with Crippen molar-refractivity contribution in [1.82, 2.24) is 15.0 Å². The van der Waals surface area contributed by atoms with Crippen molar-refractivity contribution >= 4 is 45.0 Å². The fraction of sp³-hybridized carbons (Fsp3) is 0.167. The van der Waals surface area contributed by atoms with Crippen LogP contribution >= 0.6 is 22.9 Å². The Hall–Kier alpha value is -3.49. The molecule has 0 bridgehead atoms. The van der Waals surface area contributed by atoms with Crippen LogP contribution in [0.15, 0.2) is 65.7 Å². The molecule has 2 heterocycles. The molecule has 168 valence electrons. The lowest BCUT2D eigenvalue weighted by Gasteiger charge is -2.18. The standard InChI is InChI=1S/C24H21ClN4O3S/c1-14-21(17-6-4-3-5-7-17)22-23(33-14)26-13-29(24(22)32)28-20(31)12-19(27-15(2)30)16-8-10-18(25)11-9-16/h3-11,13,19H,12H2,1-2H3,(H,27,30)(H,28,31). The van der Waals surface area contributed by atoms with Crippen LogP contribution in [0, 0.1) is 6.92 Å². The van der Waals surface area contributed by atoms with Gasteiger partial charge in [-0.05, 0) is 30.2 Å². The number of nitrogens with one attached hydrogen (secondary N) is 2. The number of aryl methyl sites for hydroxylation is 1. The lowest BCUT2D eigenvalue weighted by molar-refractivity contribution is -0.120. The minimum atomic E-state index is -0.574. The van der Waals surface area contributed by atoms with E-state index in [-0.39, 0.29) is 17.9 Å². The predicted octanol–water partition coefficient (Wildman–Crippen LogP) is 4.42. The quantitative estimate of drug-likeness (QED) is 0.427. The van der Waals surface area contributed by atoms with Crippen LogP contribution in [0.3, 0.4) is 0 Å². The van der Waals surface area contributed by atoms with Gasteiger partial charge in [0.05, 0.1) is 17.8 Å². The van der Waals surface area contributed by atoms with Gasteiger partial charge in [0.1, 0.15) is 11.2 Å². The molecule has 2 aromatic carbocycles. The van der Waals surface area contributed by atoms with Crippen LogP contribution in [0.5, 0.6) is 0 Å². The second-order valence-corrected chi connectivity index (χ2v) is 9.18. The first-order valence-electron chi connectivity index (χ1n) is 10.2. The van der Waals surface area contributed by atoms with Crippen molar-refractivity contribution in [2.75, 3.05) is 5.43 Å². The molecule has 2 amide bonds. The Balaban J connectivity index is 1.63. The number of hydrogen-bond acceptors (Lipinski definition) is 5. The summed E-state index contributed by atoms with van der Waals surface area (Å²) in [6.45, 7) is 3.33. The number of thiophene rings is 1. The maximum atomic E-state index is 13.3. The second kappa shape index (κ2) is 9.56. The Morgan fingerprint density at radius 3 is 2.48 bits per heavy atom. The van der Waals surface area contributed by atoms with Gasteiger partial charge in [0.2, 0.25) is 11.8 Å². The Bertz CT molecular complexity index is 1380. The summed E-state index contributed by atoms with van der Waals surface area (Å²) in [5.41, 5.74) is 4.70. The molecule has 4 aromatic rings. The Morgan fingerprint density at radius 2 is 1.82 bits per heavy atom. The van der Waals surface area contributed by atoms with Gasteiger partial charge in [-0.1, -0.05) is 54.1 Å². The predicted molar refractivity (Wildman–Crippen MR) is 131 cm³/mol. The molecule has 0 saturated carbocycles. The number of hydrogen-bond donors (Lipinski definition) is 2. The molecule has 1 unspecified atom stereocenters. The summed E-state index contributed by atoms with van der Waals surface area (Å²) in [5, 5.41) is 3.78. The van der Waals surface area contributed by atoms with Crippen LogP contribution < -0.4 is 16.3 Å². The molecule has 0 radical (unpaired) electrons. The van der Waals surface area contributed by atoms with Crippen molar-refractivity contribution < 1.29 is 9.59 Å². The Labute approximate surface area is 199 Å². The maximum absolute atomic E-state index is 13.3. The van der Waals surface area contributed by atoms with E-state index in [1.54, 1.807) is 24.3 Å². The van der Waals surface area contributed by atoms with Gasteiger partial charge >= 0.3 is 0 Å². The number of fused-ring (bicyclic) bond motifs is 1. The number of nitrogens with zero attached hydrogens (tertiary/aromatic N) is 2. The van der Waals surface area contributed by atoms with E-state index < -0.39 is 11.9 Å². The van der Waals surface area contributed by atoms with Crippen LogP contribution in [-0.2, 0) is 9.59 Å².